The Balaban J connectivity index is 2.04. The lowest BCUT2D eigenvalue weighted by atomic mass is 10.0. The zero-order valence-corrected chi connectivity index (χ0v) is 12.6. The molecule has 0 bridgehead atoms. The highest BCUT2D eigenvalue weighted by atomic mass is 19.1. The third-order valence-electron chi connectivity index (χ3n) is 3.76. The highest BCUT2D eigenvalue weighted by molar-refractivity contribution is 5.29. The number of benzene rings is 1. The molecule has 0 saturated carbocycles. The van der Waals surface area contributed by atoms with Crippen molar-refractivity contribution in [2.45, 2.75) is 31.1 Å². The van der Waals surface area contributed by atoms with Crippen molar-refractivity contribution < 1.29 is 13.9 Å². The maximum absolute atomic E-state index is 13.0. The van der Waals surface area contributed by atoms with E-state index in [0.29, 0.717) is 0 Å². The summed E-state index contributed by atoms with van der Waals surface area (Å²) in [4.78, 5) is 2.67. The van der Waals surface area contributed by atoms with Gasteiger partial charge in [0.05, 0.1) is 12.1 Å². The first kappa shape index (κ1) is 16.5. The first-order chi connectivity index (χ1) is 10.8. The second-order valence-corrected chi connectivity index (χ2v) is 5.22. The molecule has 1 heterocycles. The van der Waals surface area contributed by atoms with Crippen LogP contribution in [0.2, 0.25) is 0 Å². The summed E-state index contributed by atoms with van der Waals surface area (Å²) < 4.78 is 24.2. The number of hydrogen-bond acceptors (Lipinski definition) is 4. The lowest BCUT2D eigenvalue weighted by Gasteiger charge is -2.24. The standard InChI is InChI=1S/C15H21FN4O2/c1-21-15(14(10-16)19-20-17)11-2-4-12(5-3-11)22-13-6-8-18-9-7-13/h2-5,13-15,18H,6-10H2,1H3/t14-,15-/m1/s1. The van der Waals surface area contributed by atoms with E-state index in [0.717, 1.165) is 37.2 Å². The van der Waals surface area contributed by atoms with Crippen LogP contribution in [0, 0.1) is 0 Å². The maximum Gasteiger partial charge on any atom is 0.119 e. The number of alkyl halides is 1. The number of nitrogens with zero attached hydrogens (tertiary/aromatic N) is 3. The highest BCUT2D eigenvalue weighted by Crippen LogP contribution is 2.26. The van der Waals surface area contributed by atoms with Gasteiger partial charge in [-0.1, -0.05) is 17.2 Å². The minimum atomic E-state index is -0.869. The number of azide groups is 1. The molecule has 0 spiro atoms. The Morgan fingerprint density at radius 1 is 1.36 bits per heavy atom. The number of rotatable bonds is 7. The molecule has 120 valence electrons. The Labute approximate surface area is 129 Å². The van der Waals surface area contributed by atoms with Crippen LogP contribution in [-0.4, -0.2) is 39.0 Å². The van der Waals surface area contributed by atoms with Gasteiger partial charge in [-0.25, -0.2) is 0 Å². The summed E-state index contributed by atoms with van der Waals surface area (Å²) in [5.74, 6) is 0.783. The van der Waals surface area contributed by atoms with Gasteiger partial charge < -0.3 is 14.8 Å². The van der Waals surface area contributed by atoms with Crippen molar-refractivity contribution in [3.05, 3.63) is 40.3 Å². The summed E-state index contributed by atoms with van der Waals surface area (Å²) in [6, 6.07) is 6.45. The van der Waals surface area contributed by atoms with Crippen LogP contribution in [0.3, 0.4) is 0 Å². The predicted octanol–water partition coefficient (Wildman–Crippen LogP) is 3.15. The lowest BCUT2D eigenvalue weighted by molar-refractivity contribution is 0.0721. The minimum Gasteiger partial charge on any atom is -0.490 e. The molecule has 1 aliphatic heterocycles. The SMILES string of the molecule is CO[C@H](c1ccc(OC2CCNCC2)cc1)[C@@H](CF)N=[N+]=[N-]. The Hall–Kier alpha value is -1.82. The molecule has 1 aromatic rings. The van der Waals surface area contributed by atoms with Crippen molar-refractivity contribution in [2.24, 2.45) is 5.11 Å². The fourth-order valence-corrected chi connectivity index (χ4v) is 2.60. The number of halogens is 1. The first-order valence-electron chi connectivity index (χ1n) is 7.38. The van der Waals surface area contributed by atoms with E-state index in [1.807, 2.05) is 24.3 Å². The van der Waals surface area contributed by atoms with Crippen LogP contribution in [-0.2, 0) is 4.74 Å². The van der Waals surface area contributed by atoms with E-state index in [4.69, 9.17) is 15.0 Å². The van der Waals surface area contributed by atoms with Crippen molar-refractivity contribution in [3.63, 3.8) is 0 Å². The smallest absolute Gasteiger partial charge is 0.119 e. The summed E-state index contributed by atoms with van der Waals surface area (Å²) >= 11 is 0. The first-order valence-corrected chi connectivity index (χ1v) is 7.38. The molecule has 0 amide bonds. The van der Waals surface area contributed by atoms with Crippen molar-refractivity contribution >= 4 is 0 Å². The van der Waals surface area contributed by atoms with Gasteiger partial charge in [-0.05, 0) is 49.2 Å². The van der Waals surface area contributed by atoms with E-state index < -0.39 is 18.8 Å². The molecule has 0 aromatic heterocycles. The topological polar surface area (TPSA) is 79.2 Å². The fourth-order valence-electron chi connectivity index (χ4n) is 2.60. The Bertz CT molecular complexity index is 499. The molecule has 1 aliphatic rings. The quantitative estimate of drug-likeness (QED) is 0.477. The lowest BCUT2D eigenvalue weighted by Crippen LogP contribution is -2.34. The molecule has 22 heavy (non-hydrogen) atoms. The Morgan fingerprint density at radius 2 is 2.05 bits per heavy atom. The third kappa shape index (κ3) is 4.34. The minimum absolute atomic E-state index is 0.229. The van der Waals surface area contributed by atoms with Crippen LogP contribution in [0.15, 0.2) is 29.4 Å². The number of nitrogens with one attached hydrogen (secondary N) is 1. The third-order valence-corrected chi connectivity index (χ3v) is 3.76. The fraction of sp³-hybridized carbons (Fsp3) is 0.600. The van der Waals surface area contributed by atoms with E-state index in [-0.39, 0.29) is 6.10 Å². The average Bonchev–Trinajstić information content (AvgIpc) is 2.57. The van der Waals surface area contributed by atoms with Gasteiger partial charge in [0.15, 0.2) is 0 Å². The summed E-state index contributed by atoms with van der Waals surface area (Å²) in [5.41, 5.74) is 9.26. The van der Waals surface area contributed by atoms with Crippen molar-refractivity contribution in [3.8, 4) is 5.75 Å². The molecular weight excluding hydrogens is 287 g/mol. The normalized spacial score (nSPS) is 18.3. The monoisotopic (exact) mass is 308 g/mol. The van der Waals surface area contributed by atoms with Crippen molar-refractivity contribution in [1.82, 2.24) is 5.32 Å². The van der Waals surface area contributed by atoms with Gasteiger partial charge in [0, 0.05) is 12.0 Å². The number of ether oxygens (including phenoxy) is 2. The summed E-state index contributed by atoms with van der Waals surface area (Å²) in [7, 11) is 1.47. The molecule has 1 fully saturated rings. The zero-order valence-electron chi connectivity index (χ0n) is 12.6. The van der Waals surface area contributed by atoms with E-state index in [1.165, 1.54) is 7.11 Å². The second-order valence-electron chi connectivity index (χ2n) is 5.22. The van der Waals surface area contributed by atoms with Crippen LogP contribution in [0.25, 0.3) is 10.4 Å². The molecular formula is C15H21FN4O2. The molecule has 2 atom stereocenters. The predicted molar refractivity (Wildman–Crippen MR) is 81.6 cm³/mol. The van der Waals surface area contributed by atoms with Gasteiger partial charge in [0.2, 0.25) is 0 Å². The van der Waals surface area contributed by atoms with Gasteiger partial charge in [-0.2, -0.15) is 0 Å². The summed E-state index contributed by atoms with van der Waals surface area (Å²) in [5, 5.41) is 6.74. The summed E-state index contributed by atoms with van der Waals surface area (Å²) in [6.45, 7) is 1.17. The van der Waals surface area contributed by atoms with Crippen LogP contribution in [0.1, 0.15) is 24.5 Å². The number of methoxy groups -OCH3 is 1. The molecule has 0 radical (unpaired) electrons. The van der Waals surface area contributed by atoms with Crippen LogP contribution >= 0.6 is 0 Å². The van der Waals surface area contributed by atoms with Gasteiger partial charge >= 0.3 is 0 Å². The average molecular weight is 308 g/mol. The van der Waals surface area contributed by atoms with Crippen molar-refractivity contribution in [2.75, 3.05) is 26.9 Å². The maximum atomic E-state index is 13.0. The number of piperidine rings is 1. The Kier molecular flexibility index (Phi) is 6.45. The molecule has 1 aromatic carbocycles. The molecule has 1 N–H and O–H groups in total. The molecule has 0 unspecified atom stereocenters. The Morgan fingerprint density at radius 3 is 2.59 bits per heavy atom. The summed E-state index contributed by atoms with van der Waals surface area (Å²) in [6.07, 6.45) is 1.60. The highest BCUT2D eigenvalue weighted by Gasteiger charge is 2.22. The number of hydrogen-bond donors (Lipinski definition) is 1. The van der Waals surface area contributed by atoms with E-state index in [2.05, 4.69) is 15.3 Å². The molecule has 2 rings (SSSR count). The van der Waals surface area contributed by atoms with E-state index in [1.54, 1.807) is 0 Å². The molecule has 1 saturated heterocycles. The van der Waals surface area contributed by atoms with Gasteiger partial charge in [-0.15, -0.1) is 0 Å². The van der Waals surface area contributed by atoms with Crippen molar-refractivity contribution in [1.29, 1.82) is 0 Å². The second kappa shape index (κ2) is 8.58. The van der Waals surface area contributed by atoms with Crippen LogP contribution in [0.4, 0.5) is 4.39 Å². The molecule has 7 heteroatoms. The zero-order chi connectivity index (χ0) is 15.8. The van der Waals surface area contributed by atoms with Gasteiger partial charge in [-0.3, -0.25) is 4.39 Å². The molecule has 0 aliphatic carbocycles. The van der Waals surface area contributed by atoms with E-state index >= 15 is 0 Å². The molecule has 6 nitrogen and oxygen atoms in total. The van der Waals surface area contributed by atoms with E-state index in [9.17, 15) is 4.39 Å². The largest absolute Gasteiger partial charge is 0.490 e. The van der Waals surface area contributed by atoms with Crippen LogP contribution < -0.4 is 10.1 Å². The van der Waals surface area contributed by atoms with Gasteiger partial charge in [0.25, 0.3) is 0 Å². The van der Waals surface area contributed by atoms with Crippen LogP contribution in [0.5, 0.6) is 5.75 Å². The van der Waals surface area contributed by atoms with Gasteiger partial charge in [0.1, 0.15) is 18.5 Å².